The second-order valence-corrected chi connectivity index (χ2v) is 12.4. The first-order valence-electron chi connectivity index (χ1n) is 16.8. The third-order valence-electron chi connectivity index (χ3n) is 9.30. The smallest absolute Gasteiger partial charge is 0.164 e. The summed E-state index contributed by atoms with van der Waals surface area (Å²) < 4.78 is 2.24. The van der Waals surface area contributed by atoms with Crippen LogP contribution in [0.3, 0.4) is 0 Å². The Labute approximate surface area is 295 Å². The van der Waals surface area contributed by atoms with Crippen molar-refractivity contribution in [3.05, 3.63) is 181 Å². The Kier molecular flexibility index (Phi) is 7.46. The number of rotatable bonds is 6. The third kappa shape index (κ3) is 5.61. The third-order valence-corrected chi connectivity index (χ3v) is 9.30. The summed E-state index contributed by atoms with van der Waals surface area (Å²) in [5.74, 6) is 1.80. The molecule has 0 saturated heterocycles. The van der Waals surface area contributed by atoms with E-state index >= 15 is 0 Å². The highest BCUT2D eigenvalue weighted by Gasteiger charge is 2.16. The van der Waals surface area contributed by atoms with Gasteiger partial charge in [0.15, 0.2) is 17.5 Å². The second kappa shape index (κ2) is 12.7. The number of benzene rings is 7. The van der Waals surface area contributed by atoms with E-state index < -0.39 is 0 Å². The Hall–Kier alpha value is -7.16. The Bertz CT molecular complexity index is 2620. The summed E-state index contributed by atoms with van der Waals surface area (Å²) >= 11 is 0. The Morgan fingerprint density at radius 3 is 1.43 bits per heavy atom. The molecular formula is C46H29N5. The highest BCUT2D eigenvalue weighted by atomic mass is 15.0. The van der Waals surface area contributed by atoms with Crippen LogP contribution >= 0.6 is 0 Å². The Morgan fingerprint density at radius 2 is 0.843 bits per heavy atom. The van der Waals surface area contributed by atoms with Crippen LogP contribution in [0.4, 0.5) is 0 Å². The van der Waals surface area contributed by atoms with Crippen molar-refractivity contribution < 1.29 is 0 Å². The molecule has 0 aliphatic rings. The van der Waals surface area contributed by atoms with E-state index in [1.807, 2.05) is 78.9 Å². The summed E-state index contributed by atoms with van der Waals surface area (Å²) in [7, 11) is 0. The van der Waals surface area contributed by atoms with Crippen LogP contribution in [0.2, 0.25) is 0 Å². The number of nitrogens with zero attached hydrogens (tertiary/aromatic N) is 5. The first kappa shape index (κ1) is 29.9. The van der Waals surface area contributed by atoms with Crippen molar-refractivity contribution in [1.82, 2.24) is 19.5 Å². The van der Waals surface area contributed by atoms with Crippen LogP contribution in [0, 0.1) is 11.3 Å². The lowest BCUT2D eigenvalue weighted by molar-refractivity contribution is 1.07. The molecule has 2 heterocycles. The normalized spacial score (nSPS) is 11.1. The van der Waals surface area contributed by atoms with Crippen molar-refractivity contribution >= 4 is 21.8 Å². The molecule has 0 aliphatic heterocycles. The van der Waals surface area contributed by atoms with Gasteiger partial charge in [0.05, 0.1) is 22.7 Å². The van der Waals surface area contributed by atoms with Crippen LogP contribution in [0.1, 0.15) is 5.56 Å². The van der Waals surface area contributed by atoms with Crippen molar-refractivity contribution in [2.75, 3.05) is 0 Å². The summed E-state index contributed by atoms with van der Waals surface area (Å²) in [5, 5.41) is 11.8. The second-order valence-electron chi connectivity index (χ2n) is 12.4. The van der Waals surface area contributed by atoms with E-state index in [-0.39, 0.29) is 0 Å². The lowest BCUT2D eigenvalue weighted by Gasteiger charge is -2.12. The van der Waals surface area contributed by atoms with Gasteiger partial charge in [0.1, 0.15) is 0 Å². The van der Waals surface area contributed by atoms with Gasteiger partial charge in [0.2, 0.25) is 0 Å². The SMILES string of the molecule is N#Cc1ccc2c(c1)c1ccccc1n2-c1cccc(-c2nc(-c3ccc(-c4ccccc4)cc3)nc(-c3ccc(-c4ccccc4)cc3)n2)c1. The molecule has 0 spiro atoms. The van der Waals surface area contributed by atoms with Gasteiger partial charge >= 0.3 is 0 Å². The van der Waals surface area contributed by atoms with Gasteiger partial charge in [-0.1, -0.05) is 140 Å². The van der Waals surface area contributed by atoms with Gasteiger partial charge in [0, 0.05) is 33.2 Å². The minimum atomic E-state index is 0.587. The van der Waals surface area contributed by atoms with Gasteiger partial charge < -0.3 is 4.57 Å². The van der Waals surface area contributed by atoms with Gasteiger partial charge in [-0.25, -0.2) is 15.0 Å². The van der Waals surface area contributed by atoms with Crippen LogP contribution in [0.15, 0.2) is 176 Å². The summed E-state index contributed by atoms with van der Waals surface area (Å²) in [6, 6.07) is 62.2. The standard InChI is InChI=1S/C46H29N5/c47-30-31-18-27-43-41(28-31)40-16-7-8-17-42(40)51(43)39-15-9-14-38(29-39)46-49-44(36-23-19-34(20-24-36)32-10-3-1-4-11-32)48-45(50-46)37-25-21-35(22-26-37)33-12-5-2-6-13-33/h1-29H. The Balaban J connectivity index is 1.18. The molecule has 9 aromatic rings. The summed E-state index contributed by atoms with van der Waals surface area (Å²) in [5.41, 5.74) is 11.0. The molecule has 0 fully saturated rings. The molecule has 0 unspecified atom stereocenters. The van der Waals surface area contributed by atoms with Gasteiger partial charge in [-0.15, -0.1) is 0 Å². The predicted octanol–water partition coefficient (Wildman–Crippen LogP) is 11.2. The highest BCUT2D eigenvalue weighted by molar-refractivity contribution is 6.09. The van der Waals surface area contributed by atoms with Crippen LogP contribution < -0.4 is 0 Å². The van der Waals surface area contributed by atoms with Crippen molar-refractivity contribution in [2.24, 2.45) is 0 Å². The van der Waals surface area contributed by atoms with Crippen molar-refractivity contribution in [2.45, 2.75) is 0 Å². The monoisotopic (exact) mass is 651 g/mol. The van der Waals surface area contributed by atoms with E-state index in [0.29, 0.717) is 23.0 Å². The summed E-state index contributed by atoms with van der Waals surface area (Å²) in [6.45, 7) is 0. The van der Waals surface area contributed by atoms with Gasteiger partial charge in [0.25, 0.3) is 0 Å². The molecule has 0 saturated carbocycles. The molecule has 0 bridgehead atoms. The summed E-state index contributed by atoms with van der Waals surface area (Å²) in [4.78, 5) is 15.2. The van der Waals surface area contributed by atoms with Crippen LogP contribution in [-0.2, 0) is 0 Å². The van der Waals surface area contributed by atoms with Gasteiger partial charge in [-0.3, -0.25) is 0 Å². The first-order chi connectivity index (χ1) is 25.2. The summed E-state index contributed by atoms with van der Waals surface area (Å²) in [6.07, 6.45) is 0. The van der Waals surface area contributed by atoms with Crippen LogP contribution in [0.5, 0.6) is 0 Å². The lowest BCUT2D eigenvalue weighted by atomic mass is 10.0. The van der Waals surface area contributed by atoms with E-state index in [4.69, 9.17) is 15.0 Å². The van der Waals surface area contributed by atoms with Crippen molar-refractivity contribution in [3.63, 3.8) is 0 Å². The average molecular weight is 652 g/mol. The van der Waals surface area contributed by atoms with Gasteiger partial charge in [-0.05, 0) is 58.7 Å². The number of aromatic nitrogens is 4. The van der Waals surface area contributed by atoms with E-state index in [9.17, 15) is 5.26 Å². The topological polar surface area (TPSA) is 67.4 Å². The maximum Gasteiger partial charge on any atom is 0.164 e. The molecule has 5 nitrogen and oxygen atoms in total. The Morgan fingerprint density at radius 1 is 0.373 bits per heavy atom. The number of fused-ring (bicyclic) bond motifs is 3. The molecule has 9 rings (SSSR count). The molecule has 0 N–H and O–H groups in total. The fraction of sp³-hybridized carbons (Fsp3) is 0. The van der Waals surface area contributed by atoms with Crippen LogP contribution in [-0.4, -0.2) is 19.5 Å². The van der Waals surface area contributed by atoms with Crippen molar-refractivity contribution in [1.29, 1.82) is 5.26 Å². The fourth-order valence-electron chi connectivity index (χ4n) is 6.75. The number of nitriles is 1. The van der Waals surface area contributed by atoms with E-state index in [0.717, 1.165) is 66.4 Å². The van der Waals surface area contributed by atoms with Crippen molar-refractivity contribution in [3.8, 4) is 68.2 Å². The maximum atomic E-state index is 9.62. The number of hydrogen-bond donors (Lipinski definition) is 0. The zero-order valence-electron chi connectivity index (χ0n) is 27.5. The molecule has 2 aromatic heterocycles. The highest BCUT2D eigenvalue weighted by Crippen LogP contribution is 2.34. The number of para-hydroxylation sites is 1. The quantitative estimate of drug-likeness (QED) is 0.179. The predicted molar refractivity (Wildman–Crippen MR) is 206 cm³/mol. The van der Waals surface area contributed by atoms with E-state index in [1.165, 1.54) is 0 Å². The zero-order chi connectivity index (χ0) is 34.1. The largest absolute Gasteiger partial charge is 0.309 e. The molecule has 0 amide bonds. The first-order valence-corrected chi connectivity index (χ1v) is 16.8. The zero-order valence-corrected chi connectivity index (χ0v) is 27.5. The molecule has 238 valence electrons. The molecule has 0 atom stereocenters. The van der Waals surface area contributed by atoms with E-state index in [2.05, 4.69) is 108 Å². The van der Waals surface area contributed by atoms with Gasteiger partial charge in [-0.2, -0.15) is 5.26 Å². The molecule has 0 radical (unpaired) electrons. The molecule has 0 aliphatic carbocycles. The average Bonchev–Trinajstić information content (AvgIpc) is 3.55. The lowest BCUT2D eigenvalue weighted by Crippen LogP contribution is -2.01. The molecular weight excluding hydrogens is 623 g/mol. The maximum absolute atomic E-state index is 9.62. The van der Waals surface area contributed by atoms with Crippen LogP contribution in [0.25, 0.3) is 83.9 Å². The van der Waals surface area contributed by atoms with E-state index in [1.54, 1.807) is 0 Å². The molecule has 5 heteroatoms. The minimum Gasteiger partial charge on any atom is -0.309 e. The minimum absolute atomic E-state index is 0.587. The number of hydrogen-bond acceptors (Lipinski definition) is 4. The fourth-order valence-corrected chi connectivity index (χ4v) is 6.75. The molecule has 51 heavy (non-hydrogen) atoms. The molecule has 7 aromatic carbocycles.